The van der Waals surface area contributed by atoms with Gasteiger partial charge in [-0.1, -0.05) is 6.92 Å². The molecule has 1 aromatic rings. The Morgan fingerprint density at radius 2 is 2.10 bits per heavy atom. The summed E-state index contributed by atoms with van der Waals surface area (Å²) in [7, 11) is 0. The summed E-state index contributed by atoms with van der Waals surface area (Å²) in [5.41, 5.74) is -0.383. The molecule has 0 aliphatic carbocycles. The minimum absolute atomic E-state index is 0.0523. The second-order valence-corrected chi connectivity index (χ2v) is 7.72. The SMILES string of the molecule is CCc1ccc(C2C(C(=O)O)CCC(=O)N2C(C)(C)C)s1. The van der Waals surface area contributed by atoms with E-state index in [4.69, 9.17) is 0 Å². The van der Waals surface area contributed by atoms with E-state index in [-0.39, 0.29) is 17.5 Å². The Hall–Kier alpha value is -1.36. The van der Waals surface area contributed by atoms with Gasteiger partial charge in [0.25, 0.3) is 0 Å². The van der Waals surface area contributed by atoms with Crippen molar-refractivity contribution in [1.29, 1.82) is 0 Å². The molecular formula is C16H23NO3S. The van der Waals surface area contributed by atoms with Crippen LogP contribution in [0.4, 0.5) is 0 Å². The van der Waals surface area contributed by atoms with Gasteiger partial charge in [-0.15, -0.1) is 11.3 Å². The molecule has 2 heterocycles. The third-order valence-corrected chi connectivity index (χ3v) is 5.26. The molecule has 0 saturated carbocycles. The number of amides is 1. The Balaban J connectivity index is 2.48. The molecule has 1 aliphatic rings. The van der Waals surface area contributed by atoms with E-state index in [1.54, 1.807) is 16.2 Å². The third kappa shape index (κ3) is 3.12. The van der Waals surface area contributed by atoms with Crippen molar-refractivity contribution in [3.63, 3.8) is 0 Å². The van der Waals surface area contributed by atoms with Crippen molar-refractivity contribution < 1.29 is 14.7 Å². The molecule has 1 saturated heterocycles. The van der Waals surface area contributed by atoms with Crippen molar-refractivity contribution in [3.05, 3.63) is 21.9 Å². The van der Waals surface area contributed by atoms with Gasteiger partial charge in [0.2, 0.25) is 5.91 Å². The molecular weight excluding hydrogens is 286 g/mol. The Bertz CT molecular complexity index is 544. The average Bonchev–Trinajstić information content (AvgIpc) is 2.84. The fourth-order valence-electron chi connectivity index (χ4n) is 3.01. The molecule has 1 fully saturated rings. The second-order valence-electron chi connectivity index (χ2n) is 6.52. The Morgan fingerprint density at radius 3 is 2.57 bits per heavy atom. The maximum Gasteiger partial charge on any atom is 0.308 e. The number of nitrogens with zero attached hydrogens (tertiary/aromatic N) is 1. The molecule has 1 N–H and O–H groups in total. The van der Waals surface area contributed by atoms with Gasteiger partial charge < -0.3 is 10.0 Å². The lowest BCUT2D eigenvalue weighted by atomic mass is 9.84. The zero-order valence-corrected chi connectivity index (χ0v) is 13.9. The summed E-state index contributed by atoms with van der Waals surface area (Å²) in [6.45, 7) is 7.99. The maximum absolute atomic E-state index is 12.4. The fourth-order valence-corrected chi connectivity index (χ4v) is 4.12. The van der Waals surface area contributed by atoms with Gasteiger partial charge in [-0.2, -0.15) is 0 Å². The number of piperidine rings is 1. The van der Waals surface area contributed by atoms with Crippen LogP contribution in [-0.2, 0) is 16.0 Å². The Morgan fingerprint density at radius 1 is 1.43 bits per heavy atom. The standard InChI is InChI=1S/C16H23NO3S/c1-5-10-6-8-12(21-10)14-11(15(19)20)7-9-13(18)17(14)16(2,3)4/h6,8,11,14H,5,7,9H2,1-4H3,(H,19,20). The van der Waals surface area contributed by atoms with Crippen LogP contribution in [0, 0.1) is 5.92 Å². The molecule has 21 heavy (non-hydrogen) atoms. The van der Waals surface area contributed by atoms with Crippen molar-refractivity contribution in [3.8, 4) is 0 Å². The van der Waals surface area contributed by atoms with E-state index < -0.39 is 11.9 Å². The van der Waals surface area contributed by atoms with Crippen LogP contribution in [0.3, 0.4) is 0 Å². The first-order chi connectivity index (χ1) is 9.75. The number of carboxylic acids is 1. The number of aryl methyl sites for hydroxylation is 1. The summed E-state index contributed by atoms with van der Waals surface area (Å²) >= 11 is 1.63. The molecule has 0 spiro atoms. The summed E-state index contributed by atoms with van der Waals surface area (Å²) in [5, 5.41) is 9.57. The van der Waals surface area contributed by atoms with Crippen LogP contribution in [0.1, 0.15) is 56.3 Å². The van der Waals surface area contributed by atoms with Crippen molar-refractivity contribution >= 4 is 23.2 Å². The Labute approximate surface area is 129 Å². The molecule has 2 rings (SSSR count). The molecule has 5 heteroatoms. The van der Waals surface area contributed by atoms with Crippen LogP contribution < -0.4 is 0 Å². The zero-order chi connectivity index (χ0) is 15.8. The predicted molar refractivity (Wildman–Crippen MR) is 83.4 cm³/mol. The lowest BCUT2D eigenvalue weighted by molar-refractivity contribution is -0.156. The number of likely N-dealkylation sites (tertiary alicyclic amines) is 1. The second kappa shape index (κ2) is 5.79. The molecule has 1 aromatic heterocycles. The van der Waals surface area contributed by atoms with Gasteiger partial charge in [-0.25, -0.2) is 0 Å². The monoisotopic (exact) mass is 309 g/mol. The van der Waals surface area contributed by atoms with Crippen LogP contribution in [0.25, 0.3) is 0 Å². The summed E-state index contributed by atoms with van der Waals surface area (Å²) in [6, 6.07) is 3.68. The van der Waals surface area contributed by atoms with Gasteiger partial charge in [0, 0.05) is 21.7 Å². The summed E-state index contributed by atoms with van der Waals surface area (Å²) in [6.07, 6.45) is 1.67. The average molecular weight is 309 g/mol. The summed E-state index contributed by atoms with van der Waals surface area (Å²) in [4.78, 5) is 28.1. The lowest BCUT2D eigenvalue weighted by Gasteiger charge is -2.46. The minimum atomic E-state index is -0.812. The van der Waals surface area contributed by atoms with Crippen molar-refractivity contribution in [2.24, 2.45) is 5.92 Å². The van der Waals surface area contributed by atoms with Gasteiger partial charge in [0.05, 0.1) is 12.0 Å². The number of thiophene rings is 1. The molecule has 1 amide bonds. The maximum atomic E-state index is 12.4. The molecule has 0 aromatic carbocycles. The van der Waals surface area contributed by atoms with E-state index in [0.29, 0.717) is 12.8 Å². The van der Waals surface area contributed by atoms with E-state index in [9.17, 15) is 14.7 Å². The highest BCUT2D eigenvalue weighted by Crippen LogP contribution is 2.43. The van der Waals surface area contributed by atoms with E-state index >= 15 is 0 Å². The smallest absolute Gasteiger partial charge is 0.308 e. The number of hydrogen-bond donors (Lipinski definition) is 1. The highest BCUT2D eigenvalue weighted by atomic mass is 32.1. The molecule has 2 unspecified atom stereocenters. The van der Waals surface area contributed by atoms with Gasteiger partial charge in [-0.3, -0.25) is 9.59 Å². The van der Waals surface area contributed by atoms with E-state index in [0.717, 1.165) is 11.3 Å². The van der Waals surface area contributed by atoms with Gasteiger partial charge in [-0.05, 0) is 45.7 Å². The first-order valence-electron chi connectivity index (χ1n) is 7.39. The largest absolute Gasteiger partial charge is 0.481 e. The van der Waals surface area contributed by atoms with Crippen LogP contribution in [0.15, 0.2) is 12.1 Å². The topological polar surface area (TPSA) is 57.6 Å². The summed E-state index contributed by atoms with van der Waals surface area (Å²) in [5.74, 6) is -1.28. The van der Waals surface area contributed by atoms with Crippen LogP contribution >= 0.6 is 11.3 Å². The highest BCUT2D eigenvalue weighted by molar-refractivity contribution is 7.12. The van der Waals surface area contributed by atoms with Crippen molar-refractivity contribution in [2.45, 2.75) is 58.5 Å². The normalized spacial score (nSPS) is 23.4. The number of carboxylic acid groups (broad SMARTS) is 1. The fraction of sp³-hybridized carbons (Fsp3) is 0.625. The van der Waals surface area contributed by atoms with E-state index in [1.165, 1.54) is 4.88 Å². The molecule has 0 radical (unpaired) electrons. The Kier molecular flexibility index (Phi) is 4.42. The first kappa shape index (κ1) is 16.0. The quantitative estimate of drug-likeness (QED) is 0.930. The zero-order valence-electron chi connectivity index (χ0n) is 13.0. The molecule has 4 nitrogen and oxygen atoms in total. The predicted octanol–water partition coefficient (Wildman–Crippen LogP) is 3.47. The first-order valence-corrected chi connectivity index (χ1v) is 8.21. The number of carbonyl (C=O) groups excluding carboxylic acids is 1. The summed E-state index contributed by atoms with van der Waals surface area (Å²) < 4.78 is 0. The number of rotatable bonds is 3. The molecule has 1 aliphatic heterocycles. The minimum Gasteiger partial charge on any atom is -0.481 e. The number of hydrogen-bond acceptors (Lipinski definition) is 3. The molecule has 116 valence electrons. The third-order valence-electron chi connectivity index (χ3n) is 3.96. The number of carbonyl (C=O) groups is 2. The van der Waals surface area contributed by atoms with Crippen LogP contribution in [-0.4, -0.2) is 27.4 Å². The van der Waals surface area contributed by atoms with Gasteiger partial charge >= 0.3 is 5.97 Å². The van der Waals surface area contributed by atoms with Crippen molar-refractivity contribution in [2.75, 3.05) is 0 Å². The molecule has 0 bridgehead atoms. The van der Waals surface area contributed by atoms with Gasteiger partial charge in [0.15, 0.2) is 0 Å². The van der Waals surface area contributed by atoms with Gasteiger partial charge in [0.1, 0.15) is 0 Å². The molecule has 2 atom stereocenters. The van der Waals surface area contributed by atoms with E-state index in [1.807, 2.05) is 32.9 Å². The van der Waals surface area contributed by atoms with Crippen LogP contribution in [0.2, 0.25) is 0 Å². The highest BCUT2D eigenvalue weighted by Gasteiger charge is 2.45. The van der Waals surface area contributed by atoms with E-state index in [2.05, 4.69) is 6.92 Å². The lowest BCUT2D eigenvalue weighted by Crippen LogP contribution is -2.53. The number of aliphatic carboxylic acids is 1. The van der Waals surface area contributed by atoms with Crippen LogP contribution in [0.5, 0.6) is 0 Å². The van der Waals surface area contributed by atoms with Crippen molar-refractivity contribution in [1.82, 2.24) is 4.90 Å².